The number of benzene rings is 2. The molecule has 7 heteroatoms. The van der Waals surface area contributed by atoms with Crippen molar-refractivity contribution in [1.82, 2.24) is 10.6 Å². The summed E-state index contributed by atoms with van der Waals surface area (Å²) in [7, 11) is 0. The van der Waals surface area contributed by atoms with Crippen LogP contribution in [0.15, 0.2) is 72.8 Å². The Morgan fingerprint density at radius 3 is 1.38 bits per heavy atom. The van der Waals surface area contributed by atoms with Crippen LogP contribution >= 0.6 is 24.4 Å². The molecule has 0 saturated carbocycles. The highest BCUT2D eigenvalue weighted by atomic mass is 32.1. The summed E-state index contributed by atoms with van der Waals surface area (Å²) in [4.78, 5) is 0. The summed E-state index contributed by atoms with van der Waals surface area (Å²) in [5.74, 6) is 1.46. The molecule has 152 valence electrons. The van der Waals surface area contributed by atoms with Gasteiger partial charge >= 0.3 is 0 Å². The van der Waals surface area contributed by atoms with Gasteiger partial charge in [-0.1, -0.05) is 24.3 Å². The number of thiocarbonyl (C=S) groups is 2. The first-order valence-corrected chi connectivity index (χ1v) is 9.90. The number of ether oxygens (including phenoxy) is 1. The van der Waals surface area contributed by atoms with E-state index in [2.05, 4.69) is 34.4 Å². The third kappa shape index (κ3) is 8.76. The molecule has 5 nitrogen and oxygen atoms in total. The lowest BCUT2D eigenvalue weighted by atomic mass is 10.3. The van der Waals surface area contributed by atoms with Gasteiger partial charge in [0.1, 0.15) is 11.5 Å². The van der Waals surface area contributed by atoms with E-state index >= 15 is 0 Å². The summed E-state index contributed by atoms with van der Waals surface area (Å²) in [5.41, 5.74) is 3.80. The first-order valence-electron chi connectivity index (χ1n) is 9.08. The van der Waals surface area contributed by atoms with Gasteiger partial charge in [0, 0.05) is 24.5 Å². The van der Waals surface area contributed by atoms with Crippen molar-refractivity contribution in [2.24, 2.45) is 0 Å². The van der Waals surface area contributed by atoms with E-state index in [1.807, 2.05) is 62.4 Å². The van der Waals surface area contributed by atoms with Crippen molar-refractivity contribution in [1.29, 1.82) is 0 Å². The smallest absolute Gasteiger partial charge is 0.171 e. The van der Waals surface area contributed by atoms with Crippen LogP contribution in [0.5, 0.6) is 11.5 Å². The van der Waals surface area contributed by atoms with Gasteiger partial charge in [-0.25, -0.2) is 0 Å². The minimum absolute atomic E-state index is 0.556. The van der Waals surface area contributed by atoms with Crippen molar-refractivity contribution in [2.45, 2.75) is 13.8 Å². The molecule has 0 aliphatic carbocycles. The molecule has 4 N–H and O–H groups in total. The van der Waals surface area contributed by atoms with Gasteiger partial charge in [-0.15, -0.1) is 0 Å². The van der Waals surface area contributed by atoms with Gasteiger partial charge < -0.3 is 26.0 Å². The van der Waals surface area contributed by atoms with Crippen molar-refractivity contribution in [3.63, 3.8) is 0 Å². The second-order valence-electron chi connectivity index (χ2n) is 6.68. The Bertz CT molecular complexity index is 803. The molecule has 0 radical (unpaired) electrons. The van der Waals surface area contributed by atoms with E-state index in [0.717, 1.165) is 34.0 Å². The van der Waals surface area contributed by atoms with Gasteiger partial charge in [0.25, 0.3) is 0 Å². The van der Waals surface area contributed by atoms with Gasteiger partial charge in [0.05, 0.1) is 0 Å². The van der Waals surface area contributed by atoms with E-state index < -0.39 is 0 Å². The largest absolute Gasteiger partial charge is 0.457 e. The lowest BCUT2D eigenvalue weighted by molar-refractivity contribution is 0.483. The van der Waals surface area contributed by atoms with Crippen LogP contribution in [-0.2, 0) is 0 Å². The van der Waals surface area contributed by atoms with E-state index in [0.29, 0.717) is 23.3 Å². The number of rotatable bonds is 8. The van der Waals surface area contributed by atoms with E-state index in [4.69, 9.17) is 29.2 Å². The Kier molecular flexibility index (Phi) is 8.64. The van der Waals surface area contributed by atoms with E-state index in [9.17, 15) is 0 Å². The topological polar surface area (TPSA) is 57.4 Å². The van der Waals surface area contributed by atoms with Gasteiger partial charge in [-0.05, 0) is 86.8 Å². The van der Waals surface area contributed by atoms with Crippen LogP contribution in [0.1, 0.15) is 13.8 Å². The van der Waals surface area contributed by atoms with Crippen LogP contribution in [0.4, 0.5) is 11.4 Å². The molecule has 2 aromatic rings. The SMILES string of the molecule is C=C(C)CNC(=S)Nc1ccc(Oc2ccc(NC(=S)NCC(=C)C)cc2)cc1. The molecule has 0 fully saturated rings. The Balaban J connectivity index is 1.85. The molecule has 0 saturated heterocycles. The summed E-state index contributed by atoms with van der Waals surface area (Å²) in [6, 6.07) is 15.2. The fourth-order valence-corrected chi connectivity index (χ4v) is 2.54. The normalized spacial score (nSPS) is 9.86. The van der Waals surface area contributed by atoms with Crippen molar-refractivity contribution < 1.29 is 4.74 Å². The molecular formula is C22H26N4OS2. The predicted octanol–water partition coefficient (Wildman–Crippen LogP) is 5.20. The van der Waals surface area contributed by atoms with Gasteiger partial charge in [0.2, 0.25) is 0 Å². The van der Waals surface area contributed by atoms with Gasteiger partial charge in [0.15, 0.2) is 10.2 Å². The maximum atomic E-state index is 5.88. The molecule has 0 atom stereocenters. The molecule has 0 aromatic heterocycles. The molecular weight excluding hydrogens is 400 g/mol. The number of hydrogen-bond acceptors (Lipinski definition) is 3. The molecule has 29 heavy (non-hydrogen) atoms. The van der Waals surface area contributed by atoms with Crippen LogP contribution in [-0.4, -0.2) is 23.3 Å². The first-order chi connectivity index (χ1) is 13.8. The Hall–Kier alpha value is -2.90. The van der Waals surface area contributed by atoms with Crippen molar-refractivity contribution >= 4 is 46.0 Å². The van der Waals surface area contributed by atoms with Crippen LogP contribution in [0.2, 0.25) is 0 Å². The highest BCUT2D eigenvalue weighted by molar-refractivity contribution is 7.80. The molecule has 2 rings (SSSR count). The number of hydrogen-bond donors (Lipinski definition) is 4. The minimum Gasteiger partial charge on any atom is -0.457 e. The maximum absolute atomic E-state index is 5.88. The standard InChI is InChI=1S/C22H26N4OS2/c1-15(2)13-23-21(28)25-17-5-9-19(10-6-17)27-20-11-7-18(8-12-20)26-22(29)24-14-16(3)4/h5-12H,1,3,13-14H2,2,4H3,(H2,23,25,28)(H2,24,26,29). The highest BCUT2D eigenvalue weighted by Gasteiger charge is 2.02. The Morgan fingerprint density at radius 2 is 1.07 bits per heavy atom. The monoisotopic (exact) mass is 426 g/mol. The second kappa shape index (κ2) is 11.2. The summed E-state index contributed by atoms with van der Waals surface area (Å²) >= 11 is 10.5. The third-order valence-electron chi connectivity index (χ3n) is 3.56. The average Bonchev–Trinajstić information content (AvgIpc) is 2.68. The second-order valence-corrected chi connectivity index (χ2v) is 7.50. The summed E-state index contributed by atoms with van der Waals surface area (Å²) in [6.45, 7) is 12.9. The zero-order valence-electron chi connectivity index (χ0n) is 16.7. The minimum atomic E-state index is 0.556. The molecule has 0 bridgehead atoms. The molecule has 0 aliphatic rings. The molecule has 0 unspecified atom stereocenters. The van der Waals surface area contributed by atoms with Crippen LogP contribution in [0.25, 0.3) is 0 Å². The number of nitrogens with one attached hydrogen (secondary N) is 4. The zero-order chi connectivity index (χ0) is 21.2. The quantitative estimate of drug-likeness (QED) is 0.342. The molecule has 0 spiro atoms. The van der Waals surface area contributed by atoms with Crippen LogP contribution in [0.3, 0.4) is 0 Å². The zero-order valence-corrected chi connectivity index (χ0v) is 18.3. The van der Waals surface area contributed by atoms with E-state index in [1.165, 1.54) is 0 Å². The average molecular weight is 427 g/mol. The van der Waals surface area contributed by atoms with E-state index in [-0.39, 0.29) is 0 Å². The van der Waals surface area contributed by atoms with Crippen molar-refractivity contribution in [3.05, 3.63) is 72.8 Å². The molecule has 0 amide bonds. The van der Waals surface area contributed by atoms with Crippen LogP contribution in [0, 0.1) is 0 Å². The fourth-order valence-electron chi connectivity index (χ4n) is 2.16. The summed E-state index contributed by atoms with van der Waals surface area (Å²) in [5, 5.41) is 13.5. The lowest BCUT2D eigenvalue weighted by Gasteiger charge is -2.12. The Labute approximate surface area is 183 Å². The first kappa shape index (κ1) is 22.4. The maximum Gasteiger partial charge on any atom is 0.171 e. The molecule has 0 heterocycles. The molecule has 2 aromatic carbocycles. The van der Waals surface area contributed by atoms with E-state index in [1.54, 1.807) is 0 Å². The summed E-state index contributed by atoms with van der Waals surface area (Å²) in [6.07, 6.45) is 0. The third-order valence-corrected chi connectivity index (χ3v) is 4.05. The highest BCUT2D eigenvalue weighted by Crippen LogP contribution is 2.24. The van der Waals surface area contributed by atoms with Gasteiger partial charge in [-0.3, -0.25) is 0 Å². The Morgan fingerprint density at radius 1 is 0.724 bits per heavy atom. The lowest BCUT2D eigenvalue weighted by Crippen LogP contribution is -2.29. The number of anilines is 2. The van der Waals surface area contributed by atoms with Gasteiger partial charge in [-0.2, -0.15) is 0 Å². The molecule has 0 aliphatic heterocycles. The van der Waals surface area contributed by atoms with Crippen molar-refractivity contribution in [2.75, 3.05) is 23.7 Å². The van der Waals surface area contributed by atoms with Crippen molar-refractivity contribution in [3.8, 4) is 11.5 Å². The predicted molar refractivity (Wildman–Crippen MR) is 131 cm³/mol. The van der Waals surface area contributed by atoms with Crippen LogP contribution < -0.4 is 26.0 Å². The summed E-state index contributed by atoms with van der Waals surface area (Å²) < 4.78 is 5.88. The fraction of sp³-hybridized carbons (Fsp3) is 0.182.